The van der Waals surface area contributed by atoms with Crippen molar-refractivity contribution in [2.45, 2.75) is 30.7 Å². The van der Waals surface area contributed by atoms with Crippen molar-refractivity contribution in [3.8, 4) is 0 Å². The third kappa shape index (κ3) is 4.20. The molecule has 1 aliphatic rings. The molecule has 1 saturated heterocycles. The van der Waals surface area contributed by atoms with Crippen molar-refractivity contribution in [3.63, 3.8) is 0 Å². The van der Waals surface area contributed by atoms with Crippen LogP contribution in [0.3, 0.4) is 0 Å². The highest BCUT2D eigenvalue weighted by molar-refractivity contribution is 7.99. The molecule has 2 unspecified atom stereocenters. The first-order chi connectivity index (χ1) is 9.20. The topological polar surface area (TPSA) is 29.3 Å². The Morgan fingerprint density at radius 3 is 2.89 bits per heavy atom. The van der Waals surface area contributed by atoms with Gasteiger partial charge in [0.25, 0.3) is 0 Å². The average Bonchev–Trinajstić information content (AvgIpc) is 2.43. The number of nitrogens with zero attached hydrogens (tertiary/aromatic N) is 1. The van der Waals surface area contributed by atoms with Gasteiger partial charge in [0.05, 0.1) is 0 Å². The highest BCUT2D eigenvalue weighted by Crippen LogP contribution is 2.24. The predicted octanol–water partition coefficient (Wildman–Crippen LogP) is 2.98. The zero-order valence-corrected chi connectivity index (χ0v) is 12.3. The van der Waals surface area contributed by atoms with Gasteiger partial charge in [0.1, 0.15) is 5.82 Å². The summed E-state index contributed by atoms with van der Waals surface area (Å²) >= 11 is 1.60. The van der Waals surface area contributed by atoms with Crippen molar-refractivity contribution in [3.05, 3.63) is 30.1 Å². The number of nitrogens with two attached hydrogens (primary N) is 1. The van der Waals surface area contributed by atoms with Crippen LogP contribution in [0.4, 0.5) is 4.39 Å². The van der Waals surface area contributed by atoms with Gasteiger partial charge >= 0.3 is 0 Å². The van der Waals surface area contributed by atoms with E-state index in [2.05, 4.69) is 11.8 Å². The Kier molecular flexibility index (Phi) is 5.67. The molecule has 2 N–H and O–H groups in total. The highest BCUT2D eigenvalue weighted by Gasteiger charge is 2.24. The minimum absolute atomic E-state index is 0.112. The molecule has 19 heavy (non-hydrogen) atoms. The summed E-state index contributed by atoms with van der Waals surface area (Å²) in [6.45, 7) is 5.16. The van der Waals surface area contributed by atoms with Gasteiger partial charge in [-0.2, -0.15) is 0 Å². The van der Waals surface area contributed by atoms with Crippen LogP contribution in [0.5, 0.6) is 0 Å². The predicted molar refractivity (Wildman–Crippen MR) is 79.9 cm³/mol. The maximum atomic E-state index is 13.5. The van der Waals surface area contributed by atoms with Gasteiger partial charge in [-0.15, -0.1) is 11.8 Å². The lowest BCUT2D eigenvalue weighted by Crippen LogP contribution is -2.44. The summed E-state index contributed by atoms with van der Waals surface area (Å²) < 4.78 is 13.5. The smallest absolute Gasteiger partial charge is 0.136 e. The molecule has 1 aromatic carbocycles. The van der Waals surface area contributed by atoms with E-state index in [0.717, 1.165) is 30.3 Å². The molecule has 1 fully saturated rings. The lowest BCUT2D eigenvalue weighted by molar-refractivity contribution is 0.129. The second-order valence-corrected chi connectivity index (χ2v) is 6.44. The first-order valence-electron chi connectivity index (χ1n) is 7.02. The maximum absolute atomic E-state index is 13.5. The molecule has 0 saturated carbocycles. The standard InChI is InChI=1S/C15H23FN2S/c1-12-6-7-13(10-17)11-18(12)8-9-19-15-5-3-2-4-14(15)16/h2-5,12-13H,6-11,17H2,1H3. The molecule has 0 aromatic heterocycles. The van der Waals surface area contributed by atoms with E-state index in [1.807, 2.05) is 12.1 Å². The largest absolute Gasteiger partial charge is 0.330 e. The average molecular weight is 282 g/mol. The Labute approximate surface area is 119 Å². The molecule has 0 bridgehead atoms. The number of hydrogen-bond acceptors (Lipinski definition) is 3. The van der Waals surface area contributed by atoms with E-state index in [-0.39, 0.29) is 5.82 Å². The number of thioether (sulfide) groups is 1. The van der Waals surface area contributed by atoms with Crippen molar-refractivity contribution in [1.29, 1.82) is 0 Å². The summed E-state index contributed by atoms with van der Waals surface area (Å²) in [5.41, 5.74) is 5.77. The second kappa shape index (κ2) is 7.27. The Hall–Kier alpha value is -0.580. The van der Waals surface area contributed by atoms with E-state index in [0.29, 0.717) is 12.0 Å². The molecule has 0 aliphatic carbocycles. The van der Waals surface area contributed by atoms with Crippen molar-refractivity contribution in [2.24, 2.45) is 11.7 Å². The van der Waals surface area contributed by atoms with Gasteiger partial charge in [-0.25, -0.2) is 4.39 Å². The Bertz CT molecular complexity index is 399. The lowest BCUT2D eigenvalue weighted by atomic mass is 9.94. The number of benzene rings is 1. The molecule has 1 aromatic rings. The van der Waals surface area contributed by atoms with Crippen LogP contribution in [0.2, 0.25) is 0 Å². The van der Waals surface area contributed by atoms with E-state index in [9.17, 15) is 4.39 Å². The molecule has 0 radical (unpaired) electrons. The van der Waals surface area contributed by atoms with E-state index in [1.165, 1.54) is 18.9 Å². The molecule has 0 amide bonds. The van der Waals surface area contributed by atoms with Gasteiger partial charge in [0.15, 0.2) is 0 Å². The minimum atomic E-state index is -0.112. The van der Waals surface area contributed by atoms with Gasteiger partial charge < -0.3 is 5.73 Å². The number of hydrogen-bond donors (Lipinski definition) is 1. The third-order valence-electron chi connectivity index (χ3n) is 3.91. The Morgan fingerprint density at radius 1 is 1.37 bits per heavy atom. The highest BCUT2D eigenvalue weighted by atomic mass is 32.2. The quantitative estimate of drug-likeness (QED) is 0.842. The fourth-order valence-corrected chi connectivity index (χ4v) is 3.53. The van der Waals surface area contributed by atoms with Crippen LogP contribution < -0.4 is 5.73 Å². The zero-order chi connectivity index (χ0) is 13.7. The molecule has 4 heteroatoms. The second-order valence-electron chi connectivity index (χ2n) is 5.30. The number of piperidine rings is 1. The summed E-state index contributed by atoms with van der Waals surface area (Å²) in [7, 11) is 0. The van der Waals surface area contributed by atoms with Crippen LogP contribution in [0, 0.1) is 11.7 Å². The van der Waals surface area contributed by atoms with E-state index in [1.54, 1.807) is 17.8 Å². The van der Waals surface area contributed by atoms with Gasteiger partial charge in [-0.3, -0.25) is 4.90 Å². The molecular formula is C15H23FN2S. The number of rotatable bonds is 5. The van der Waals surface area contributed by atoms with Crippen LogP contribution in [0.1, 0.15) is 19.8 Å². The van der Waals surface area contributed by atoms with Crippen LogP contribution in [-0.4, -0.2) is 36.3 Å². The van der Waals surface area contributed by atoms with Crippen molar-refractivity contribution in [2.75, 3.05) is 25.4 Å². The molecule has 2 nitrogen and oxygen atoms in total. The number of halogens is 1. The van der Waals surface area contributed by atoms with Gasteiger partial charge in [-0.05, 0) is 44.4 Å². The molecule has 1 heterocycles. The minimum Gasteiger partial charge on any atom is -0.330 e. The van der Waals surface area contributed by atoms with Crippen LogP contribution in [0.25, 0.3) is 0 Å². The normalized spacial score (nSPS) is 24.6. The van der Waals surface area contributed by atoms with E-state index < -0.39 is 0 Å². The number of likely N-dealkylation sites (tertiary alicyclic amines) is 1. The molecule has 0 spiro atoms. The van der Waals surface area contributed by atoms with Gasteiger partial charge in [0.2, 0.25) is 0 Å². The molecule has 2 atom stereocenters. The SMILES string of the molecule is CC1CCC(CN)CN1CCSc1ccccc1F. The van der Waals surface area contributed by atoms with Crippen LogP contribution >= 0.6 is 11.8 Å². The third-order valence-corrected chi connectivity index (χ3v) is 4.94. The fourth-order valence-electron chi connectivity index (χ4n) is 2.60. The van der Waals surface area contributed by atoms with Gasteiger partial charge in [0, 0.05) is 29.8 Å². The van der Waals surface area contributed by atoms with Crippen molar-refractivity contribution < 1.29 is 4.39 Å². The van der Waals surface area contributed by atoms with Crippen LogP contribution in [-0.2, 0) is 0 Å². The monoisotopic (exact) mass is 282 g/mol. The van der Waals surface area contributed by atoms with E-state index >= 15 is 0 Å². The Morgan fingerprint density at radius 2 is 2.16 bits per heavy atom. The molecule has 106 valence electrons. The van der Waals surface area contributed by atoms with E-state index in [4.69, 9.17) is 5.73 Å². The van der Waals surface area contributed by atoms with Gasteiger partial charge in [-0.1, -0.05) is 12.1 Å². The summed E-state index contributed by atoms with van der Waals surface area (Å²) in [6.07, 6.45) is 2.47. The van der Waals surface area contributed by atoms with Crippen LogP contribution in [0.15, 0.2) is 29.2 Å². The fraction of sp³-hybridized carbons (Fsp3) is 0.600. The van der Waals surface area contributed by atoms with Crippen molar-refractivity contribution >= 4 is 11.8 Å². The molecular weight excluding hydrogens is 259 g/mol. The summed E-state index contributed by atoms with van der Waals surface area (Å²) in [5, 5.41) is 0. The summed E-state index contributed by atoms with van der Waals surface area (Å²) in [5.74, 6) is 1.46. The molecule has 2 rings (SSSR count). The zero-order valence-electron chi connectivity index (χ0n) is 11.5. The first-order valence-corrected chi connectivity index (χ1v) is 8.00. The molecule has 1 aliphatic heterocycles. The lowest BCUT2D eigenvalue weighted by Gasteiger charge is -2.37. The van der Waals surface area contributed by atoms with Crippen molar-refractivity contribution in [1.82, 2.24) is 4.90 Å². The summed E-state index contributed by atoms with van der Waals surface area (Å²) in [6, 6.07) is 7.62. The first kappa shape index (κ1) is 14.8. The summed E-state index contributed by atoms with van der Waals surface area (Å²) in [4.78, 5) is 3.25. The Balaban J connectivity index is 1.80. The maximum Gasteiger partial charge on any atom is 0.136 e.